The Morgan fingerprint density at radius 1 is 1.30 bits per heavy atom. The molecule has 4 rings (SSSR count). The van der Waals surface area contributed by atoms with Crippen LogP contribution in [0.5, 0.6) is 0 Å². The molecule has 5 nitrogen and oxygen atoms in total. The van der Waals surface area contributed by atoms with Crippen molar-refractivity contribution in [2.24, 2.45) is 4.99 Å². The Hall–Kier alpha value is -2.60. The van der Waals surface area contributed by atoms with Crippen molar-refractivity contribution in [3.05, 3.63) is 53.0 Å². The van der Waals surface area contributed by atoms with E-state index in [1.54, 1.807) is 23.1 Å². The zero-order chi connectivity index (χ0) is 16.1. The maximum Gasteiger partial charge on any atom is 0.283 e. The largest absolute Gasteiger partial charge is 0.465 e. The van der Waals surface area contributed by atoms with E-state index in [0.717, 1.165) is 16.1 Å². The van der Waals surface area contributed by atoms with Gasteiger partial charge in [0.05, 0.1) is 17.5 Å². The van der Waals surface area contributed by atoms with Crippen molar-refractivity contribution < 1.29 is 9.21 Å². The van der Waals surface area contributed by atoms with Crippen molar-refractivity contribution in [1.29, 1.82) is 5.41 Å². The zero-order valence-electron chi connectivity index (χ0n) is 12.6. The Bertz CT molecular complexity index is 910. The van der Waals surface area contributed by atoms with Gasteiger partial charge in [-0.05, 0) is 67.1 Å². The van der Waals surface area contributed by atoms with Crippen LogP contribution in [-0.2, 0) is 4.79 Å². The van der Waals surface area contributed by atoms with E-state index < -0.39 is 5.91 Å². The van der Waals surface area contributed by atoms with Gasteiger partial charge in [0.15, 0.2) is 5.17 Å². The fraction of sp³-hybridized carbons (Fsp3) is 0.118. The van der Waals surface area contributed by atoms with Crippen LogP contribution in [0.3, 0.4) is 0 Å². The van der Waals surface area contributed by atoms with Crippen LogP contribution in [0.4, 0.5) is 5.69 Å². The first-order chi connectivity index (χ1) is 11.0. The Morgan fingerprint density at radius 3 is 2.83 bits per heavy atom. The van der Waals surface area contributed by atoms with Gasteiger partial charge >= 0.3 is 0 Å². The number of fused-ring (bicyclic) bond motifs is 3. The summed E-state index contributed by atoms with van der Waals surface area (Å²) < 4.78 is 5.25. The highest BCUT2D eigenvalue weighted by atomic mass is 32.2. The molecule has 1 N–H and O–H groups in total. The monoisotopic (exact) mass is 323 g/mol. The number of amides is 1. The number of carbonyl (C=O) groups excluding carboxylic acids is 1. The second-order valence-electron chi connectivity index (χ2n) is 5.46. The van der Waals surface area contributed by atoms with Crippen molar-refractivity contribution in [1.82, 2.24) is 0 Å². The molecule has 3 heterocycles. The average Bonchev–Trinajstić information content (AvgIpc) is 3.11. The maximum atomic E-state index is 12.3. The molecule has 0 saturated carbocycles. The van der Waals surface area contributed by atoms with Crippen LogP contribution in [0, 0.1) is 19.3 Å². The van der Waals surface area contributed by atoms with Crippen LogP contribution in [0.25, 0.3) is 6.08 Å². The number of hydrogen-bond acceptors (Lipinski definition) is 4. The summed E-state index contributed by atoms with van der Waals surface area (Å²) in [7, 11) is 0. The summed E-state index contributed by atoms with van der Waals surface area (Å²) in [6.07, 6.45) is 3.10. The summed E-state index contributed by atoms with van der Waals surface area (Å²) in [4.78, 5) is 19.2. The lowest BCUT2D eigenvalue weighted by Crippen LogP contribution is -2.39. The number of nitrogens with zero attached hydrogens (tertiary/aromatic N) is 2. The van der Waals surface area contributed by atoms with Gasteiger partial charge < -0.3 is 4.42 Å². The lowest BCUT2D eigenvalue weighted by atomic mass is 10.1. The number of carbonyl (C=O) groups is 1. The van der Waals surface area contributed by atoms with Crippen molar-refractivity contribution in [2.75, 3.05) is 4.90 Å². The fourth-order valence-corrected chi connectivity index (χ4v) is 3.68. The lowest BCUT2D eigenvalue weighted by Gasteiger charge is -2.24. The molecular formula is C17H13N3O2S. The van der Waals surface area contributed by atoms with Gasteiger partial charge in [0.2, 0.25) is 0 Å². The van der Waals surface area contributed by atoms with Gasteiger partial charge in [0, 0.05) is 4.90 Å². The third kappa shape index (κ3) is 2.14. The van der Waals surface area contributed by atoms with E-state index in [9.17, 15) is 4.79 Å². The number of aryl methyl sites for hydroxylation is 2. The molecule has 2 aliphatic rings. The smallest absolute Gasteiger partial charge is 0.283 e. The third-order valence-electron chi connectivity index (χ3n) is 3.94. The van der Waals surface area contributed by atoms with E-state index in [-0.39, 0.29) is 11.4 Å². The van der Waals surface area contributed by atoms with Crippen molar-refractivity contribution in [3.8, 4) is 0 Å². The molecule has 1 aromatic heterocycles. The van der Waals surface area contributed by atoms with Crippen LogP contribution in [0.2, 0.25) is 0 Å². The van der Waals surface area contributed by atoms with E-state index in [4.69, 9.17) is 9.83 Å². The minimum atomic E-state index is -0.411. The standard InChI is InChI=1S/C17H13N3O2S/c1-9-6-13-14(7-10(9)2)23-17-19-16(21)12(15(18)20(13)17)8-11-4-3-5-22-11/h3-8,18H,1-2H3/b12-8+,18-15?. The van der Waals surface area contributed by atoms with Crippen LogP contribution in [0.15, 0.2) is 50.4 Å². The SMILES string of the molecule is Cc1cc2c(cc1C)N1C(=N)/C(=C\c3ccco3)C(=O)N=C1S2. The second-order valence-corrected chi connectivity index (χ2v) is 6.47. The van der Waals surface area contributed by atoms with E-state index >= 15 is 0 Å². The van der Waals surface area contributed by atoms with E-state index in [2.05, 4.69) is 11.1 Å². The Morgan fingerprint density at radius 2 is 2.09 bits per heavy atom. The summed E-state index contributed by atoms with van der Waals surface area (Å²) in [5.41, 5.74) is 3.46. The molecule has 0 radical (unpaired) electrons. The highest BCUT2D eigenvalue weighted by Crippen LogP contribution is 2.44. The molecule has 2 aromatic rings. The normalized spacial score (nSPS) is 18.3. The average molecular weight is 323 g/mol. The zero-order valence-corrected chi connectivity index (χ0v) is 13.4. The highest BCUT2D eigenvalue weighted by molar-refractivity contribution is 8.15. The number of nitrogens with one attached hydrogen (secondary N) is 1. The summed E-state index contributed by atoms with van der Waals surface area (Å²) >= 11 is 1.42. The summed E-state index contributed by atoms with van der Waals surface area (Å²) in [5.74, 6) is 0.251. The van der Waals surface area contributed by atoms with Crippen molar-refractivity contribution >= 4 is 40.4 Å². The summed E-state index contributed by atoms with van der Waals surface area (Å²) in [5, 5.41) is 9.00. The Balaban J connectivity index is 1.84. The molecule has 114 valence electrons. The molecule has 0 fully saturated rings. The third-order valence-corrected chi connectivity index (χ3v) is 4.95. The quantitative estimate of drug-likeness (QED) is 0.811. The Labute approximate surface area is 137 Å². The molecule has 1 amide bonds. The van der Waals surface area contributed by atoms with Crippen molar-refractivity contribution in [2.45, 2.75) is 18.7 Å². The minimum absolute atomic E-state index is 0.130. The number of benzene rings is 1. The van der Waals surface area contributed by atoms with E-state index in [0.29, 0.717) is 10.9 Å². The van der Waals surface area contributed by atoms with Crippen LogP contribution in [0.1, 0.15) is 16.9 Å². The highest BCUT2D eigenvalue weighted by Gasteiger charge is 2.37. The van der Waals surface area contributed by atoms with Crippen LogP contribution in [-0.4, -0.2) is 16.9 Å². The number of amidine groups is 2. The molecule has 0 unspecified atom stereocenters. The topological polar surface area (TPSA) is 69.7 Å². The maximum absolute atomic E-state index is 12.3. The predicted molar refractivity (Wildman–Crippen MR) is 91.1 cm³/mol. The molecule has 0 atom stereocenters. The number of thioether (sulfide) groups is 1. The second kappa shape index (κ2) is 4.96. The minimum Gasteiger partial charge on any atom is -0.465 e. The molecule has 2 aliphatic heterocycles. The van der Waals surface area contributed by atoms with Gasteiger partial charge in [-0.1, -0.05) is 0 Å². The predicted octanol–water partition coefficient (Wildman–Crippen LogP) is 3.77. The summed E-state index contributed by atoms with van der Waals surface area (Å²) in [6, 6.07) is 7.59. The van der Waals surface area contributed by atoms with Gasteiger partial charge in [-0.15, -0.1) is 0 Å². The lowest BCUT2D eigenvalue weighted by molar-refractivity contribution is -0.113. The molecular weight excluding hydrogens is 310 g/mol. The number of furan rings is 1. The number of anilines is 1. The molecule has 0 aliphatic carbocycles. The van der Waals surface area contributed by atoms with Crippen LogP contribution >= 0.6 is 11.8 Å². The number of aliphatic imine (C=N–C) groups is 1. The number of hydrogen-bond donors (Lipinski definition) is 1. The molecule has 0 spiro atoms. The molecule has 0 bridgehead atoms. The van der Waals surface area contributed by atoms with Gasteiger partial charge in [-0.2, -0.15) is 4.99 Å². The van der Waals surface area contributed by atoms with Crippen molar-refractivity contribution in [3.63, 3.8) is 0 Å². The molecule has 6 heteroatoms. The first-order valence-electron chi connectivity index (χ1n) is 7.11. The first kappa shape index (κ1) is 14.0. The van der Waals surface area contributed by atoms with Crippen LogP contribution < -0.4 is 4.90 Å². The van der Waals surface area contributed by atoms with Gasteiger partial charge in [0.25, 0.3) is 5.91 Å². The van der Waals surface area contributed by atoms with E-state index in [1.807, 2.05) is 19.9 Å². The van der Waals surface area contributed by atoms with E-state index in [1.165, 1.54) is 23.6 Å². The molecule has 1 aromatic carbocycles. The fourth-order valence-electron chi connectivity index (χ4n) is 2.58. The molecule has 0 saturated heterocycles. The summed E-state index contributed by atoms with van der Waals surface area (Å²) in [6.45, 7) is 4.09. The van der Waals surface area contributed by atoms with Gasteiger partial charge in [-0.3, -0.25) is 15.1 Å². The van der Waals surface area contributed by atoms with Gasteiger partial charge in [0.1, 0.15) is 11.6 Å². The Kier molecular flexibility index (Phi) is 3.02. The molecule has 23 heavy (non-hydrogen) atoms. The first-order valence-corrected chi connectivity index (χ1v) is 7.92. The number of rotatable bonds is 1. The van der Waals surface area contributed by atoms with Gasteiger partial charge in [-0.25, -0.2) is 0 Å².